The number of aromatic nitrogens is 1. The highest BCUT2D eigenvalue weighted by Crippen LogP contribution is 2.34. The van der Waals surface area contributed by atoms with Crippen molar-refractivity contribution < 1.29 is 14.0 Å². The second-order valence-electron chi connectivity index (χ2n) is 9.60. The van der Waals surface area contributed by atoms with E-state index in [2.05, 4.69) is 5.32 Å². The lowest BCUT2D eigenvalue weighted by Gasteiger charge is -2.44. The summed E-state index contributed by atoms with van der Waals surface area (Å²) < 4.78 is 7.48. The Morgan fingerprint density at radius 2 is 1.91 bits per heavy atom. The number of nitrogens with zero attached hydrogens (tertiary/aromatic N) is 2. The van der Waals surface area contributed by atoms with Crippen molar-refractivity contribution in [2.45, 2.75) is 76.5 Å². The maximum absolute atomic E-state index is 13.8. The molecule has 0 unspecified atom stereocenters. The topological polar surface area (TPSA) is 67.5 Å². The van der Waals surface area contributed by atoms with Crippen LogP contribution in [0, 0.1) is 0 Å². The fourth-order valence-corrected chi connectivity index (χ4v) is 5.49. The molecule has 1 fully saturated rings. The molecule has 1 aliphatic heterocycles. The quantitative estimate of drug-likeness (QED) is 0.548. The molecular weight excluding hydrogens is 438 g/mol. The number of amides is 2. The van der Waals surface area contributed by atoms with Crippen LogP contribution in [0.1, 0.15) is 67.9 Å². The zero-order valence-electron chi connectivity index (χ0n) is 19.0. The number of halogens is 1. The third kappa shape index (κ3) is 4.17. The Kier molecular flexibility index (Phi) is 5.95. The Labute approximate surface area is 198 Å². The van der Waals surface area contributed by atoms with Crippen LogP contribution in [0.4, 0.5) is 0 Å². The van der Waals surface area contributed by atoms with Gasteiger partial charge in [0.2, 0.25) is 5.91 Å². The molecule has 0 bridgehead atoms. The summed E-state index contributed by atoms with van der Waals surface area (Å²) >= 11 is 6.21. The summed E-state index contributed by atoms with van der Waals surface area (Å²) in [6.07, 6.45) is 9.57. The Morgan fingerprint density at radius 3 is 2.67 bits per heavy atom. The summed E-state index contributed by atoms with van der Waals surface area (Å²) in [7, 11) is 0. The third-order valence-electron chi connectivity index (χ3n) is 7.21. The molecule has 2 aliphatic rings. The van der Waals surface area contributed by atoms with Crippen LogP contribution in [0.5, 0.6) is 0 Å². The van der Waals surface area contributed by atoms with Gasteiger partial charge in [0.15, 0.2) is 5.58 Å². The largest absolute Gasteiger partial charge is 0.463 e. The van der Waals surface area contributed by atoms with E-state index in [9.17, 15) is 9.59 Å². The molecule has 2 amide bonds. The van der Waals surface area contributed by atoms with Crippen LogP contribution >= 0.6 is 11.6 Å². The van der Waals surface area contributed by atoms with Crippen molar-refractivity contribution in [2.24, 2.45) is 0 Å². The summed E-state index contributed by atoms with van der Waals surface area (Å²) in [5, 5.41) is 3.92. The molecule has 174 valence electrons. The van der Waals surface area contributed by atoms with Crippen molar-refractivity contribution in [2.75, 3.05) is 0 Å². The second-order valence-corrected chi connectivity index (χ2v) is 10.0. The van der Waals surface area contributed by atoms with Crippen molar-refractivity contribution in [3.8, 4) is 0 Å². The van der Waals surface area contributed by atoms with E-state index in [0.717, 1.165) is 36.8 Å². The first-order valence-electron chi connectivity index (χ1n) is 11.9. The van der Waals surface area contributed by atoms with Gasteiger partial charge in [-0.15, -0.1) is 0 Å². The normalized spacial score (nSPS) is 22.1. The van der Waals surface area contributed by atoms with Gasteiger partial charge in [-0.3, -0.25) is 9.59 Å². The summed E-state index contributed by atoms with van der Waals surface area (Å²) in [6.45, 7) is 2.55. The number of nitrogens with one attached hydrogen (secondary N) is 1. The molecule has 2 aromatic heterocycles. The number of rotatable bonds is 4. The number of carbonyl (C=O) groups is 2. The van der Waals surface area contributed by atoms with Crippen LogP contribution in [0.15, 0.2) is 47.1 Å². The van der Waals surface area contributed by atoms with Gasteiger partial charge in [0.25, 0.3) is 5.91 Å². The zero-order chi connectivity index (χ0) is 23.0. The minimum absolute atomic E-state index is 0.0977. The number of furan rings is 1. The van der Waals surface area contributed by atoms with Gasteiger partial charge < -0.3 is 19.2 Å². The van der Waals surface area contributed by atoms with Crippen molar-refractivity contribution in [1.82, 2.24) is 14.8 Å². The highest BCUT2D eigenvalue weighted by Gasteiger charge is 2.48. The van der Waals surface area contributed by atoms with Gasteiger partial charge in [0.05, 0.1) is 18.3 Å². The Morgan fingerprint density at radius 1 is 1.15 bits per heavy atom. The lowest BCUT2D eigenvalue weighted by Crippen LogP contribution is -2.64. The number of hydrogen-bond acceptors (Lipinski definition) is 3. The molecule has 1 N–H and O–H groups in total. The highest BCUT2D eigenvalue weighted by atomic mass is 35.5. The maximum Gasteiger partial charge on any atom is 0.271 e. The van der Waals surface area contributed by atoms with Gasteiger partial charge >= 0.3 is 0 Å². The predicted molar refractivity (Wildman–Crippen MR) is 128 cm³/mol. The first kappa shape index (κ1) is 22.1. The predicted octanol–water partition coefficient (Wildman–Crippen LogP) is 5.53. The van der Waals surface area contributed by atoms with Gasteiger partial charge in [-0.2, -0.15) is 0 Å². The monoisotopic (exact) mass is 467 g/mol. The lowest BCUT2D eigenvalue weighted by molar-refractivity contribution is -0.134. The number of hydrogen-bond donors (Lipinski definition) is 1. The minimum Gasteiger partial charge on any atom is -0.463 e. The smallest absolute Gasteiger partial charge is 0.271 e. The molecule has 1 aromatic carbocycles. The van der Waals surface area contributed by atoms with E-state index >= 15 is 0 Å². The third-order valence-corrected chi connectivity index (χ3v) is 7.44. The van der Waals surface area contributed by atoms with Crippen LogP contribution in [0.3, 0.4) is 0 Å². The van der Waals surface area contributed by atoms with E-state index in [0.29, 0.717) is 29.4 Å². The fourth-order valence-electron chi connectivity index (χ4n) is 5.28. The molecule has 3 heterocycles. The van der Waals surface area contributed by atoms with Crippen molar-refractivity contribution in [3.05, 3.63) is 58.9 Å². The van der Waals surface area contributed by atoms with Crippen molar-refractivity contribution in [3.63, 3.8) is 0 Å². The van der Waals surface area contributed by atoms with E-state index in [1.54, 1.807) is 17.2 Å². The average Bonchev–Trinajstić information content (AvgIpc) is 3.35. The standard InChI is InChI=1S/C26H30ClN3O3/c1-26(25(32)28-20-10-5-3-2-4-6-11-20)17-29-21-12-13-33-23(21)15-22(29)24(31)30(26)16-18-8-7-9-19(27)14-18/h7-9,12-15,20H,2-6,10-11,16-17H2,1H3,(H,28,32)/t26-/m0/s1. The molecule has 3 aromatic rings. The van der Waals surface area contributed by atoms with Crippen LogP contribution in [0.2, 0.25) is 5.02 Å². The molecule has 6 nitrogen and oxygen atoms in total. The van der Waals surface area contributed by atoms with E-state index in [4.69, 9.17) is 16.0 Å². The van der Waals surface area contributed by atoms with Crippen LogP contribution < -0.4 is 5.32 Å². The molecule has 1 saturated carbocycles. The summed E-state index contributed by atoms with van der Waals surface area (Å²) in [5.41, 5.74) is 1.89. The first-order valence-corrected chi connectivity index (χ1v) is 12.3. The van der Waals surface area contributed by atoms with Crippen LogP contribution in [-0.2, 0) is 17.9 Å². The molecule has 0 saturated heterocycles. The highest BCUT2D eigenvalue weighted by molar-refractivity contribution is 6.30. The molecule has 33 heavy (non-hydrogen) atoms. The van der Waals surface area contributed by atoms with Gasteiger partial charge in [-0.25, -0.2) is 0 Å². The van der Waals surface area contributed by atoms with Gasteiger partial charge in [0, 0.05) is 29.7 Å². The molecule has 5 rings (SSSR count). The molecule has 1 aliphatic carbocycles. The summed E-state index contributed by atoms with van der Waals surface area (Å²) in [4.78, 5) is 29.3. The molecular formula is C26H30ClN3O3. The molecule has 1 atom stereocenters. The number of fused-ring (bicyclic) bond motifs is 3. The van der Waals surface area contributed by atoms with Crippen molar-refractivity contribution >= 4 is 34.5 Å². The van der Waals surface area contributed by atoms with Crippen molar-refractivity contribution in [1.29, 1.82) is 0 Å². The minimum atomic E-state index is -1.04. The number of carbonyl (C=O) groups excluding carboxylic acids is 2. The maximum atomic E-state index is 13.8. The number of benzene rings is 1. The van der Waals surface area contributed by atoms with Crippen LogP contribution in [-0.4, -0.2) is 32.9 Å². The average molecular weight is 468 g/mol. The molecule has 0 radical (unpaired) electrons. The Balaban J connectivity index is 1.50. The van der Waals surface area contributed by atoms with E-state index < -0.39 is 5.54 Å². The van der Waals surface area contributed by atoms with Crippen LogP contribution in [0.25, 0.3) is 11.1 Å². The van der Waals surface area contributed by atoms with E-state index in [-0.39, 0.29) is 17.9 Å². The summed E-state index contributed by atoms with van der Waals surface area (Å²) in [6, 6.07) is 11.2. The van der Waals surface area contributed by atoms with E-state index in [1.165, 1.54) is 19.3 Å². The van der Waals surface area contributed by atoms with Gasteiger partial charge in [-0.05, 0) is 37.5 Å². The van der Waals surface area contributed by atoms with Gasteiger partial charge in [0.1, 0.15) is 11.2 Å². The fraction of sp³-hybridized carbons (Fsp3) is 0.462. The molecule has 0 spiro atoms. The first-order chi connectivity index (χ1) is 16.0. The summed E-state index contributed by atoms with van der Waals surface area (Å²) in [5.74, 6) is -0.276. The molecule has 7 heteroatoms. The van der Waals surface area contributed by atoms with Gasteiger partial charge in [-0.1, -0.05) is 55.8 Å². The van der Waals surface area contributed by atoms with E-state index in [1.807, 2.05) is 41.8 Å². The Bertz CT molecular complexity index is 1170. The Hall–Kier alpha value is -2.73. The second kappa shape index (κ2) is 8.90. The SMILES string of the molecule is C[C@@]1(C(=O)NC2CCCCCCC2)Cn2c(cc3occc32)C(=O)N1Cc1cccc(Cl)c1. The zero-order valence-corrected chi connectivity index (χ0v) is 19.7. The lowest BCUT2D eigenvalue weighted by atomic mass is 9.91.